The number of likely N-dealkylation sites (tertiary alicyclic amines) is 1. The van der Waals surface area contributed by atoms with Gasteiger partial charge in [-0.1, -0.05) is 12.1 Å². The number of urea groups is 1. The lowest BCUT2D eigenvalue weighted by Gasteiger charge is -2.32. The maximum atomic E-state index is 12.6. The average molecular weight is 371 g/mol. The molecule has 0 unspecified atom stereocenters. The molecule has 0 radical (unpaired) electrons. The first-order valence-corrected chi connectivity index (χ1v) is 8.66. The highest BCUT2D eigenvalue weighted by Crippen LogP contribution is 2.29. The van der Waals surface area contributed by atoms with Crippen LogP contribution in [-0.2, 0) is 17.5 Å². The third kappa shape index (κ3) is 5.64. The van der Waals surface area contributed by atoms with Gasteiger partial charge in [-0.25, -0.2) is 4.79 Å². The van der Waals surface area contributed by atoms with Gasteiger partial charge in [0.15, 0.2) is 0 Å². The molecule has 0 aromatic heterocycles. The van der Waals surface area contributed by atoms with Crippen LogP contribution in [0.25, 0.3) is 0 Å². The fourth-order valence-electron chi connectivity index (χ4n) is 2.86. The first kappa shape index (κ1) is 20.1. The van der Waals surface area contributed by atoms with Crippen LogP contribution in [0.1, 0.15) is 37.8 Å². The minimum atomic E-state index is -4.37. The monoisotopic (exact) mass is 371 g/mol. The summed E-state index contributed by atoms with van der Waals surface area (Å²) in [5, 5.41) is 5.56. The molecular formula is C18H24F3N3O2. The lowest BCUT2D eigenvalue weighted by Crippen LogP contribution is -2.50. The lowest BCUT2D eigenvalue weighted by molar-refractivity contribution is -0.137. The van der Waals surface area contributed by atoms with Crippen LogP contribution in [0.15, 0.2) is 24.3 Å². The quantitative estimate of drug-likeness (QED) is 0.854. The zero-order chi connectivity index (χ0) is 19.3. The molecule has 0 spiro atoms. The van der Waals surface area contributed by atoms with E-state index in [0.29, 0.717) is 25.1 Å². The summed E-state index contributed by atoms with van der Waals surface area (Å²) in [7, 11) is 0. The number of alkyl halides is 3. The second-order valence-corrected chi connectivity index (χ2v) is 6.80. The highest BCUT2D eigenvalue weighted by atomic mass is 19.4. The van der Waals surface area contributed by atoms with Crippen molar-refractivity contribution in [1.82, 2.24) is 15.5 Å². The molecule has 1 saturated heterocycles. The van der Waals surface area contributed by atoms with Crippen molar-refractivity contribution in [1.29, 1.82) is 0 Å². The van der Waals surface area contributed by atoms with Crippen molar-refractivity contribution >= 4 is 11.9 Å². The fourth-order valence-corrected chi connectivity index (χ4v) is 2.86. The minimum Gasteiger partial charge on any atom is -0.352 e. The fraction of sp³-hybridized carbons (Fsp3) is 0.556. The number of rotatable bonds is 4. The Morgan fingerprint density at radius 3 is 2.46 bits per heavy atom. The topological polar surface area (TPSA) is 61.4 Å². The van der Waals surface area contributed by atoms with Gasteiger partial charge in [0.25, 0.3) is 0 Å². The smallest absolute Gasteiger partial charge is 0.352 e. The van der Waals surface area contributed by atoms with Gasteiger partial charge in [-0.3, -0.25) is 4.79 Å². The molecule has 3 amide bonds. The Labute approximate surface area is 150 Å². The van der Waals surface area contributed by atoms with Gasteiger partial charge in [0.2, 0.25) is 5.91 Å². The van der Waals surface area contributed by atoms with Crippen molar-refractivity contribution in [2.45, 2.75) is 45.5 Å². The Morgan fingerprint density at radius 2 is 1.88 bits per heavy atom. The van der Waals surface area contributed by atoms with Crippen LogP contribution >= 0.6 is 0 Å². The van der Waals surface area contributed by atoms with Gasteiger partial charge in [-0.15, -0.1) is 0 Å². The summed E-state index contributed by atoms with van der Waals surface area (Å²) in [6.07, 6.45) is -2.95. The molecule has 1 aliphatic heterocycles. The lowest BCUT2D eigenvalue weighted by atomic mass is 9.97. The molecule has 1 atom stereocenters. The largest absolute Gasteiger partial charge is 0.416 e. The number of piperidine rings is 1. The number of benzene rings is 1. The predicted octanol–water partition coefficient (Wildman–Crippen LogP) is 3.15. The number of hydrogen-bond donors (Lipinski definition) is 2. The Balaban J connectivity index is 1.86. The molecule has 2 N–H and O–H groups in total. The van der Waals surface area contributed by atoms with Crippen LogP contribution in [0.2, 0.25) is 0 Å². The van der Waals surface area contributed by atoms with Crippen LogP contribution in [-0.4, -0.2) is 36.0 Å². The van der Waals surface area contributed by atoms with Crippen LogP contribution in [0, 0.1) is 5.92 Å². The summed E-state index contributed by atoms with van der Waals surface area (Å²) in [6.45, 7) is 4.86. The first-order chi connectivity index (χ1) is 12.2. The molecule has 1 aromatic carbocycles. The van der Waals surface area contributed by atoms with Gasteiger partial charge in [-0.05, 0) is 44.4 Å². The van der Waals surface area contributed by atoms with E-state index in [1.165, 1.54) is 12.1 Å². The van der Waals surface area contributed by atoms with Crippen molar-refractivity contribution < 1.29 is 22.8 Å². The van der Waals surface area contributed by atoms with E-state index in [0.717, 1.165) is 18.6 Å². The molecule has 2 rings (SSSR count). The molecule has 1 fully saturated rings. The predicted molar refractivity (Wildman–Crippen MR) is 91.3 cm³/mol. The van der Waals surface area contributed by atoms with Crippen LogP contribution in [0.4, 0.5) is 18.0 Å². The molecular weight excluding hydrogens is 347 g/mol. The van der Waals surface area contributed by atoms with Crippen molar-refractivity contribution in [3.63, 3.8) is 0 Å². The first-order valence-electron chi connectivity index (χ1n) is 8.66. The van der Waals surface area contributed by atoms with E-state index in [1.54, 1.807) is 4.90 Å². The van der Waals surface area contributed by atoms with Crippen molar-refractivity contribution in [3.05, 3.63) is 35.4 Å². The average Bonchev–Trinajstić information content (AvgIpc) is 2.58. The number of amides is 3. The molecule has 0 aliphatic carbocycles. The van der Waals surface area contributed by atoms with Crippen LogP contribution in [0.5, 0.6) is 0 Å². The maximum Gasteiger partial charge on any atom is 0.416 e. The van der Waals surface area contributed by atoms with Gasteiger partial charge in [-0.2, -0.15) is 13.2 Å². The van der Waals surface area contributed by atoms with E-state index >= 15 is 0 Å². The van der Waals surface area contributed by atoms with Gasteiger partial charge < -0.3 is 15.5 Å². The van der Waals surface area contributed by atoms with Crippen molar-refractivity contribution in [2.24, 2.45) is 5.92 Å². The Bertz CT molecular complexity index is 630. The molecule has 1 aliphatic rings. The van der Waals surface area contributed by atoms with E-state index in [4.69, 9.17) is 0 Å². The molecule has 1 heterocycles. The number of halogens is 3. The third-order valence-corrected chi connectivity index (χ3v) is 4.24. The zero-order valence-corrected chi connectivity index (χ0v) is 14.9. The SMILES string of the molecule is CC(C)NC(=O)N1CCC[C@@H](C(=O)NCc2ccc(C(F)(F)F)cc2)C1. The molecule has 5 nitrogen and oxygen atoms in total. The second-order valence-electron chi connectivity index (χ2n) is 6.80. The zero-order valence-electron chi connectivity index (χ0n) is 14.9. The molecule has 0 saturated carbocycles. The Hall–Kier alpha value is -2.25. The van der Waals surface area contributed by atoms with E-state index in [1.807, 2.05) is 13.8 Å². The minimum absolute atomic E-state index is 0.0244. The summed E-state index contributed by atoms with van der Waals surface area (Å²) in [5.74, 6) is -0.497. The van der Waals surface area contributed by atoms with E-state index < -0.39 is 11.7 Å². The summed E-state index contributed by atoms with van der Waals surface area (Å²) in [5.41, 5.74) is -0.122. The Kier molecular flexibility index (Phi) is 6.50. The highest BCUT2D eigenvalue weighted by molar-refractivity contribution is 5.80. The summed E-state index contributed by atoms with van der Waals surface area (Å²) >= 11 is 0. The molecule has 26 heavy (non-hydrogen) atoms. The third-order valence-electron chi connectivity index (χ3n) is 4.24. The van der Waals surface area contributed by atoms with E-state index in [2.05, 4.69) is 10.6 Å². The van der Waals surface area contributed by atoms with Gasteiger partial charge >= 0.3 is 12.2 Å². The number of nitrogens with zero attached hydrogens (tertiary/aromatic N) is 1. The highest BCUT2D eigenvalue weighted by Gasteiger charge is 2.30. The van der Waals surface area contributed by atoms with Crippen molar-refractivity contribution in [2.75, 3.05) is 13.1 Å². The van der Waals surface area contributed by atoms with Crippen LogP contribution < -0.4 is 10.6 Å². The summed E-state index contributed by atoms with van der Waals surface area (Å²) < 4.78 is 37.7. The number of carbonyl (C=O) groups is 2. The summed E-state index contributed by atoms with van der Waals surface area (Å²) in [4.78, 5) is 26.0. The standard InChI is InChI=1S/C18H24F3N3O2/c1-12(2)23-17(26)24-9-3-4-14(11-24)16(25)22-10-13-5-7-15(8-6-13)18(19,20)21/h5-8,12,14H,3-4,9-11H2,1-2H3,(H,22,25)(H,23,26)/t14-/m1/s1. The van der Waals surface area contributed by atoms with Crippen molar-refractivity contribution in [3.8, 4) is 0 Å². The van der Waals surface area contributed by atoms with Gasteiger partial charge in [0.1, 0.15) is 0 Å². The molecule has 144 valence electrons. The maximum absolute atomic E-state index is 12.6. The molecule has 8 heteroatoms. The molecule has 1 aromatic rings. The molecule has 0 bridgehead atoms. The Morgan fingerprint density at radius 1 is 1.23 bits per heavy atom. The normalized spacial score (nSPS) is 17.9. The number of nitrogens with one attached hydrogen (secondary N) is 2. The number of carbonyl (C=O) groups excluding carboxylic acids is 2. The van der Waals surface area contributed by atoms with Gasteiger partial charge in [0, 0.05) is 25.7 Å². The summed E-state index contributed by atoms with van der Waals surface area (Å²) in [6, 6.07) is 4.55. The van der Waals surface area contributed by atoms with E-state index in [-0.39, 0.29) is 30.4 Å². The van der Waals surface area contributed by atoms with Gasteiger partial charge in [0.05, 0.1) is 11.5 Å². The second kappa shape index (κ2) is 8.42. The van der Waals surface area contributed by atoms with Crippen LogP contribution in [0.3, 0.4) is 0 Å². The van der Waals surface area contributed by atoms with E-state index in [9.17, 15) is 22.8 Å². The number of hydrogen-bond acceptors (Lipinski definition) is 2.